The van der Waals surface area contributed by atoms with E-state index in [-0.39, 0.29) is 24.1 Å². The highest BCUT2D eigenvalue weighted by atomic mass is 16.2. The van der Waals surface area contributed by atoms with E-state index < -0.39 is 6.04 Å². The third-order valence-electron chi connectivity index (χ3n) is 6.67. The molecule has 3 aliphatic heterocycles. The minimum Gasteiger partial charge on any atom is -0.366 e. The molecule has 0 spiro atoms. The van der Waals surface area contributed by atoms with E-state index in [1.54, 1.807) is 4.90 Å². The van der Waals surface area contributed by atoms with Crippen LogP contribution in [0.3, 0.4) is 0 Å². The molecule has 160 valence electrons. The molecule has 2 atom stereocenters. The number of para-hydroxylation sites is 1. The molecule has 5 rings (SSSR count). The van der Waals surface area contributed by atoms with Gasteiger partial charge in [0.2, 0.25) is 11.8 Å². The van der Waals surface area contributed by atoms with E-state index in [1.807, 2.05) is 24.3 Å². The van der Waals surface area contributed by atoms with Gasteiger partial charge in [-0.05, 0) is 42.1 Å². The van der Waals surface area contributed by atoms with Crippen LogP contribution in [0, 0.1) is 0 Å². The van der Waals surface area contributed by atoms with Gasteiger partial charge in [-0.1, -0.05) is 36.4 Å². The summed E-state index contributed by atoms with van der Waals surface area (Å²) in [7, 11) is 0. The summed E-state index contributed by atoms with van der Waals surface area (Å²) < 4.78 is 0. The Morgan fingerprint density at radius 1 is 1.06 bits per heavy atom. The monoisotopic (exact) mass is 418 g/mol. The van der Waals surface area contributed by atoms with Crippen LogP contribution < -0.4 is 16.0 Å². The van der Waals surface area contributed by atoms with Gasteiger partial charge >= 0.3 is 0 Å². The summed E-state index contributed by atoms with van der Waals surface area (Å²) in [6, 6.07) is 13.8. The average Bonchev–Trinajstić information content (AvgIpc) is 3.27. The highest BCUT2D eigenvalue weighted by molar-refractivity contribution is 6.06. The Morgan fingerprint density at radius 3 is 2.71 bits per heavy atom. The molecule has 1 saturated heterocycles. The quantitative estimate of drug-likeness (QED) is 0.723. The van der Waals surface area contributed by atoms with Crippen molar-refractivity contribution in [3.8, 4) is 0 Å². The number of anilines is 1. The van der Waals surface area contributed by atoms with Crippen LogP contribution in [0.15, 0.2) is 42.5 Å². The summed E-state index contributed by atoms with van der Waals surface area (Å²) >= 11 is 0. The molecule has 0 radical (unpaired) electrons. The summed E-state index contributed by atoms with van der Waals surface area (Å²) in [5.41, 5.74) is 11.0. The first-order chi connectivity index (χ1) is 15.1. The van der Waals surface area contributed by atoms with Crippen LogP contribution in [-0.2, 0) is 22.7 Å². The Labute approximate surface area is 181 Å². The molecule has 7 heteroatoms. The van der Waals surface area contributed by atoms with Crippen molar-refractivity contribution < 1.29 is 14.4 Å². The van der Waals surface area contributed by atoms with Crippen molar-refractivity contribution in [1.29, 1.82) is 0 Å². The van der Waals surface area contributed by atoms with E-state index in [0.717, 1.165) is 24.1 Å². The molecule has 3 N–H and O–H groups in total. The topological polar surface area (TPSA) is 95.7 Å². The highest BCUT2D eigenvalue weighted by Gasteiger charge is 2.40. The van der Waals surface area contributed by atoms with Gasteiger partial charge in [0.15, 0.2) is 0 Å². The molecule has 3 amide bonds. The van der Waals surface area contributed by atoms with Gasteiger partial charge in [0, 0.05) is 43.2 Å². The van der Waals surface area contributed by atoms with Crippen LogP contribution >= 0.6 is 0 Å². The highest BCUT2D eigenvalue weighted by Crippen LogP contribution is 2.39. The molecule has 2 unspecified atom stereocenters. The average molecular weight is 418 g/mol. The van der Waals surface area contributed by atoms with Crippen molar-refractivity contribution in [3.63, 3.8) is 0 Å². The normalized spacial score (nSPS) is 22.5. The maximum absolute atomic E-state index is 13.4. The second-order valence-electron chi connectivity index (χ2n) is 8.56. The lowest BCUT2D eigenvalue weighted by molar-refractivity contribution is -0.136. The van der Waals surface area contributed by atoms with E-state index in [4.69, 9.17) is 5.73 Å². The van der Waals surface area contributed by atoms with Crippen LogP contribution in [0.2, 0.25) is 0 Å². The Kier molecular flexibility index (Phi) is 4.98. The number of hydrogen-bond acceptors (Lipinski definition) is 5. The molecule has 0 saturated carbocycles. The maximum atomic E-state index is 13.4. The van der Waals surface area contributed by atoms with Crippen LogP contribution in [0.5, 0.6) is 0 Å². The predicted molar refractivity (Wildman–Crippen MR) is 116 cm³/mol. The number of nitrogens with one attached hydrogen (secondary N) is 1. The largest absolute Gasteiger partial charge is 0.366 e. The third-order valence-corrected chi connectivity index (χ3v) is 6.67. The standard InChI is InChI=1S/C24H26N4O3/c25-11-10-15-12-27(19-7-2-1-6-18(15)19)13-16-4-3-5-17-14-28(24(31)22(16)17)20-8-9-21(29)26-23(20)30/h1-7,15,20H,8-14,25H2,(H,26,29,30). The number of hydrogen-bond donors (Lipinski definition) is 2. The van der Waals surface area contributed by atoms with Crippen molar-refractivity contribution in [3.05, 3.63) is 64.7 Å². The first-order valence-electron chi connectivity index (χ1n) is 10.9. The smallest absolute Gasteiger partial charge is 0.255 e. The predicted octanol–water partition coefficient (Wildman–Crippen LogP) is 1.90. The van der Waals surface area contributed by atoms with E-state index in [9.17, 15) is 14.4 Å². The molecule has 3 aliphatic rings. The van der Waals surface area contributed by atoms with Crippen molar-refractivity contribution in [1.82, 2.24) is 10.2 Å². The fraction of sp³-hybridized carbons (Fsp3) is 0.375. The summed E-state index contributed by atoms with van der Waals surface area (Å²) in [6.45, 7) is 2.56. The zero-order valence-corrected chi connectivity index (χ0v) is 17.3. The van der Waals surface area contributed by atoms with Crippen LogP contribution in [-0.4, -0.2) is 41.8 Å². The van der Waals surface area contributed by atoms with Gasteiger partial charge in [-0.25, -0.2) is 0 Å². The van der Waals surface area contributed by atoms with E-state index in [2.05, 4.69) is 28.4 Å². The molecule has 1 fully saturated rings. The number of fused-ring (bicyclic) bond motifs is 2. The minimum atomic E-state index is -0.591. The number of benzene rings is 2. The van der Waals surface area contributed by atoms with E-state index >= 15 is 0 Å². The lowest BCUT2D eigenvalue weighted by Gasteiger charge is -2.29. The van der Waals surface area contributed by atoms with Crippen LogP contribution in [0.1, 0.15) is 52.2 Å². The van der Waals surface area contributed by atoms with Gasteiger partial charge in [0.05, 0.1) is 0 Å². The van der Waals surface area contributed by atoms with Crippen molar-refractivity contribution >= 4 is 23.4 Å². The minimum absolute atomic E-state index is 0.119. The van der Waals surface area contributed by atoms with E-state index in [0.29, 0.717) is 37.5 Å². The Morgan fingerprint density at radius 2 is 1.90 bits per heavy atom. The summed E-state index contributed by atoms with van der Waals surface area (Å²) in [6.07, 6.45) is 1.57. The van der Waals surface area contributed by atoms with E-state index in [1.165, 1.54) is 11.3 Å². The lowest BCUT2D eigenvalue weighted by atomic mass is 9.98. The number of carbonyl (C=O) groups excluding carboxylic acids is 3. The second-order valence-corrected chi connectivity index (χ2v) is 8.56. The molecule has 2 aromatic carbocycles. The molecule has 31 heavy (non-hydrogen) atoms. The molecule has 2 aromatic rings. The maximum Gasteiger partial charge on any atom is 0.255 e. The number of imide groups is 1. The SMILES string of the molecule is NCCC1CN(Cc2cccc3c2C(=O)N(C2CCC(=O)NC2=O)C3)c2ccccc21. The zero-order chi connectivity index (χ0) is 21.5. The van der Waals surface area contributed by atoms with Crippen molar-refractivity contribution in [2.24, 2.45) is 5.73 Å². The first-order valence-corrected chi connectivity index (χ1v) is 10.9. The molecule has 0 bridgehead atoms. The van der Waals surface area contributed by atoms with Crippen LogP contribution in [0.4, 0.5) is 5.69 Å². The molecule has 7 nitrogen and oxygen atoms in total. The fourth-order valence-electron chi connectivity index (χ4n) is 5.21. The lowest BCUT2D eigenvalue weighted by Crippen LogP contribution is -2.52. The molecule has 0 aromatic heterocycles. The van der Waals surface area contributed by atoms with Gasteiger partial charge < -0.3 is 15.5 Å². The number of nitrogens with two attached hydrogens (primary N) is 1. The van der Waals surface area contributed by atoms with Gasteiger partial charge in [-0.2, -0.15) is 0 Å². The summed E-state index contributed by atoms with van der Waals surface area (Å²) in [4.78, 5) is 41.1. The third kappa shape index (κ3) is 3.39. The molecule has 0 aliphatic carbocycles. The summed E-state index contributed by atoms with van der Waals surface area (Å²) in [5.74, 6) is -0.373. The Hall–Kier alpha value is -3.19. The zero-order valence-electron chi connectivity index (χ0n) is 17.3. The first kappa shape index (κ1) is 19.8. The molecule has 3 heterocycles. The number of piperidine rings is 1. The second kappa shape index (κ2) is 7.81. The number of amides is 3. The van der Waals surface area contributed by atoms with Crippen LogP contribution in [0.25, 0.3) is 0 Å². The fourth-order valence-corrected chi connectivity index (χ4v) is 5.21. The number of carbonyl (C=O) groups is 3. The Bertz CT molecular complexity index is 1070. The van der Waals surface area contributed by atoms with Crippen molar-refractivity contribution in [2.75, 3.05) is 18.0 Å². The van der Waals surface area contributed by atoms with Gasteiger partial charge in [-0.3, -0.25) is 19.7 Å². The van der Waals surface area contributed by atoms with Gasteiger partial charge in [0.25, 0.3) is 5.91 Å². The molecular weight excluding hydrogens is 392 g/mol. The van der Waals surface area contributed by atoms with Crippen molar-refractivity contribution in [2.45, 2.75) is 44.3 Å². The number of nitrogens with zero attached hydrogens (tertiary/aromatic N) is 2. The Balaban J connectivity index is 1.41. The summed E-state index contributed by atoms with van der Waals surface area (Å²) in [5, 5.41) is 2.36. The molecular formula is C24H26N4O3. The van der Waals surface area contributed by atoms with Gasteiger partial charge in [0.1, 0.15) is 6.04 Å². The van der Waals surface area contributed by atoms with Gasteiger partial charge in [-0.15, -0.1) is 0 Å². The number of rotatable bonds is 5.